The number of carbonyl (C=O) groups is 1. The summed E-state index contributed by atoms with van der Waals surface area (Å²) in [5, 5.41) is 0. The van der Waals surface area contributed by atoms with E-state index >= 15 is 0 Å². The first-order chi connectivity index (χ1) is 10.2. The number of hydrogen-bond acceptors (Lipinski definition) is 4. The van der Waals surface area contributed by atoms with Crippen LogP contribution in [-0.2, 0) is 4.74 Å². The van der Waals surface area contributed by atoms with Crippen LogP contribution in [0.1, 0.15) is 40.0 Å². The minimum atomic E-state index is -0.403. The average Bonchev–Trinajstić information content (AvgIpc) is 2.86. The third-order valence-electron chi connectivity index (χ3n) is 4.80. The Morgan fingerprint density at radius 2 is 1.82 bits per heavy atom. The maximum Gasteiger partial charge on any atom is 0.410 e. The van der Waals surface area contributed by atoms with Crippen molar-refractivity contribution in [3.8, 4) is 0 Å². The van der Waals surface area contributed by atoms with Gasteiger partial charge >= 0.3 is 6.09 Å². The summed E-state index contributed by atoms with van der Waals surface area (Å²) in [6.45, 7) is 10.9. The van der Waals surface area contributed by atoms with Crippen molar-refractivity contribution in [1.29, 1.82) is 0 Å². The Morgan fingerprint density at radius 1 is 1.18 bits per heavy atom. The van der Waals surface area contributed by atoms with Gasteiger partial charge in [0.15, 0.2) is 0 Å². The molecule has 1 atom stereocenters. The van der Waals surface area contributed by atoms with Gasteiger partial charge in [-0.2, -0.15) is 0 Å². The van der Waals surface area contributed by atoms with Crippen LogP contribution >= 0.6 is 0 Å². The first kappa shape index (κ1) is 17.5. The van der Waals surface area contributed by atoms with Gasteiger partial charge in [0.05, 0.1) is 0 Å². The van der Waals surface area contributed by atoms with E-state index in [2.05, 4.69) is 23.9 Å². The number of nitrogens with zero attached hydrogens (tertiary/aromatic N) is 3. The van der Waals surface area contributed by atoms with Gasteiger partial charge in [0.1, 0.15) is 5.60 Å². The van der Waals surface area contributed by atoms with E-state index in [-0.39, 0.29) is 6.09 Å². The predicted molar refractivity (Wildman–Crippen MR) is 89.1 cm³/mol. The summed E-state index contributed by atoms with van der Waals surface area (Å²) in [5.41, 5.74) is -0.403. The van der Waals surface area contributed by atoms with Crippen molar-refractivity contribution in [2.45, 2.75) is 51.7 Å². The molecule has 0 aromatic carbocycles. The fourth-order valence-electron chi connectivity index (χ4n) is 3.47. The van der Waals surface area contributed by atoms with Crippen LogP contribution < -0.4 is 0 Å². The molecule has 0 N–H and O–H groups in total. The van der Waals surface area contributed by atoms with Crippen LogP contribution in [0, 0.1) is 5.92 Å². The summed E-state index contributed by atoms with van der Waals surface area (Å²) >= 11 is 0. The minimum Gasteiger partial charge on any atom is -0.444 e. The molecule has 0 aliphatic carbocycles. The highest BCUT2D eigenvalue weighted by atomic mass is 16.6. The van der Waals surface area contributed by atoms with Crippen LogP contribution in [0.15, 0.2) is 0 Å². The third kappa shape index (κ3) is 5.13. The number of piperidine rings is 1. The van der Waals surface area contributed by atoms with Crippen molar-refractivity contribution in [2.24, 2.45) is 5.92 Å². The molecule has 2 rings (SSSR count). The third-order valence-corrected chi connectivity index (χ3v) is 4.80. The van der Waals surface area contributed by atoms with Gasteiger partial charge in [0.25, 0.3) is 0 Å². The fraction of sp³-hybridized carbons (Fsp3) is 0.941. The molecule has 0 saturated carbocycles. The molecule has 2 fully saturated rings. The highest BCUT2D eigenvalue weighted by Crippen LogP contribution is 2.22. The maximum absolute atomic E-state index is 12.1. The molecule has 5 heteroatoms. The Morgan fingerprint density at radius 3 is 2.41 bits per heavy atom. The molecule has 0 aromatic rings. The number of likely N-dealkylation sites (tertiary alicyclic amines) is 2. The van der Waals surface area contributed by atoms with Crippen molar-refractivity contribution in [2.75, 3.05) is 46.8 Å². The van der Waals surface area contributed by atoms with Crippen molar-refractivity contribution in [1.82, 2.24) is 14.7 Å². The molecule has 0 spiro atoms. The quantitative estimate of drug-likeness (QED) is 0.801. The second-order valence-electron chi connectivity index (χ2n) is 8.06. The van der Waals surface area contributed by atoms with Gasteiger partial charge in [-0.1, -0.05) is 0 Å². The van der Waals surface area contributed by atoms with Gasteiger partial charge in [-0.25, -0.2) is 4.79 Å². The lowest BCUT2D eigenvalue weighted by molar-refractivity contribution is 0.0283. The van der Waals surface area contributed by atoms with Gasteiger partial charge in [0.2, 0.25) is 0 Å². The highest BCUT2D eigenvalue weighted by molar-refractivity contribution is 5.68. The standard InChI is InChI=1S/C17H33N3O2/c1-17(2,3)22-16(21)20-11-6-14(13-20)12-19(5)15-7-9-18(4)10-8-15/h14-15H,6-13H2,1-5H3. The van der Waals surface area contributed by atoms with E-state index in [4.69, 9.17) is 4.74 Å². The van der Waals surface area contributed by atoms with Gasteiger partial charge in [-0.3, -0.25) is 0 Å². The van der Waals surface area contributed by atoms with E-state index < -0.39 is 5.60 Å². The molecule has 0 bridgehead atoms. The molecule has 1 unspecified atom stereocenters. The Kier molecular flexibility index (Phi) is 5.72. The molecule has 0 aromatic heterocycles. The van der Waals surface area contributed by atoms with Crippen LogP contribution in [0.3, 0.4) is 0 Å². The molecular weight excluding hydrogens is 278 g/mol. The lowest BCUT2D eigenvalue weighted by Crippen LogP contribution is -2.44. The van der Waals surface area contributed by atoms with Crippen molar-refractivity contribution in [3.05, 3.63) is 0 Å². The van der Waals surface area contributed by atoms with Gasteiger partial charge < -0.3 is 19.4 Å². The molecule has 0 radical (unpaired) electrons. The predicted octanol–water partition coefficient (Wildman–Crippen LogP) is 2.27. The molecule has 2 aliphatic heterocycles. The molecule has 5 nitrogen and oxygen atoms in total. The van der Waals surface area contributed by atoms with Crippen LogP contribution in [0.25, 0.3) is 0 Å². The fourth-order valence-corrected chi connectivity index (χ4v) is 3.47. The van der Waals surface area contributed by atoms with Crippen molar-refractivity contribution in [3.63, 3.8) is 0 Å². The summed E-state index contributed by atoms with van der Waals surface area (Å²) in [6.07, 6.45) is 3.46. The number of carbonyl (C=O) groups excluding carboxylic acids is 1. The Labute approximate surface area is 135 Å². The highest BCUT2D eigenvalue weighted by Gasteiger charge is 2.31. The molecule has 128 valence electrons. The van der Waals surface area contributed by atoms with Gasteiger partial charge in [0, 0.05) is 25.7 Å². The molecule has 22 heavy (non-hydrogen) atoms. The number of rotatable bonds is 3. The van der Waals surface area contributed by atoms with E-state index in [1.165, 1.54) is 25.9 Å². The first-order valence-electron chi connectivity index (χ1n) is 8.61. The van der Waals surface area contributed by atoms with Crippen LogP contribution in [0.2, 0.25) is 0 Å². The molecular formula is C17H33N3O2. The Bertz CT molecular complexity index is 373. The zero-order valence-electron chi connectivity index (χ0n) is 15.0. The monoisotopic (exact) mass is 311 g/mol. The molecule has 1 amide bonds. The second-order valence-corrected chi connectivity index (χ2v) is 8.06. The van der Waals surface area contributed by atoms with Crippen LogP contribution in [0.4, 0.5) is 4.79 Å². The van der Waals surface area contributed by atoms with E-state index in [1.807, 2.05) is 25.7 Å². The van der Waals surface area contributed by atoms with Crippen LogP contribution in [-0.4, -0.2) is 79.3 Å². The summed E-state index contributed by atoms with van der Waals surface area (Å²) in [6, 6.07) is 0.701. The summed E-state index contributed by atoms with van der Waals surface area (Å²) in [5.74, 6) is 0.581. The van der Waals surface area contributed by atoms with E-state index in [0.29, 0.717) is 12.0 Å². The Balaban J connectivity index is 1.75. The van der Waals surface area contributed by atoms with Crippen molar-refractivity contribution < 1.29 is 9.53 Å². The minimum absolute atomic E-state index is 0.156. The topological polar surface area (TPSA) is 36.0 Å². The van der Waals surface area contributed by atoms with E-state index in [1.54, 1.807) is 0 Å². The number of hydrogen-bond donors (Lipinski definition) is 0. The number of amides is 1. The smallest absolute Gasteiger partial charge is 0.410 e. The summed E-state index contributed by atoms with van der Waals surface area (Å²) in [4.78, 5) is 18.9. The zero-order valence-corrected chi connectivity index (χ0v) is 15.0. The number of ether oxygens (including phenoxy) is 1. The van der Waals surface area contributed by atoms with E-state index in [0.717, 1.165) is 26.1 Å². The zero-order chi connectivity index (χ0) is 16.3. The first-order valence-corrected chi connectivity index (χ1v) is 8.61. The van der Waals surface area contributed by atoms with Crippen LogP contribution in [0.5, 0.6) is 0 Å². The molecule has 2 heterocycles. The maximum atomic E-state index is 12.1. The molecule has 2 saturated heterocycles. The van der Waals surface area contributed by atoms with Gasteiger partial charge in [-0.15, -0.1) is 0 Å². The largest absolute Gasteiger partial charge is 0.444 e. The van der Waals surface area contributed by atoms with Crippen molar-refractivity contribution >= 4 is 6.09 Å². The second kappa shape index (κ2) is 7.18. The summed E-state index contributed by atoms with van der Waals surface area (Å²) in [7, 11) is 4.44. The summed E-state index contributed by atoms with van der Waals surface area (Å²) < 4.78 is 5.47. The SMILES string of the molecule is CN1CCC(N(C)CC2CCN(C(=O)OC(C)(C)C)C2)CC1. The Hall–Kier alpha value is -0.810. The lowest BCUT2D eigenvalue weighted by atomic mass is 10.0. The van der Waals surface area contributed by atoms with Gasteiger partial charge in [-0.05, 0) is 73.1 Å². The average molecular weight is 311 g/mol. The normalized spacial score (nSPS) is 25.0. The molecule has 2 aliphatic rings. The van der Waals surface area contributed by atoms with E-state index in [9.17, 15) is 4.79 Å². The lowest BCUT2D eigenvalue weighted by Gasteiger charge is -2.36.